The van der Waals surface area contributed by atoms with Crippen molar-refractivity contribution in [1.29, 1.82) is 0 Å². The quantitative estimate of drug-likeness (QED) is 0.0801. The normalized spacial score (nSPS) is 10.8. The molecule has 0 aliphatic carbocycles. The van der Waals surface area contributed by atoms with E-state index in [9.17, 15) is 0 Å². The summed E-state index contributed by atoms with van der Waals surface area (Å²) in [5.74, 6) is 2.20. The lowest BCUT2D eigenvalue weighted by molar-refractivity contribution is 0.397. The lowest BCUT2D eigenvalue weighted by Gasteiger charge is -2.22. The van der Waals surface area contributed by atoms with Gasteiger partial charge < -0.3 is 14.0 Å². The Kier molecular flexibility index (Phi) is 16.9. The molecule has 0 aliphatic heterocycles. The van der Waals surface area contributed by atoms with E-state index in [1.54, 1.807) is 14.2 Å². The van der Waals surface area contributed by atoms with Crippen LogP contribution in [0.5, 0.6) is 11.5 Å². The van der Waals surface area contributed by atoms with Crippen molar-refractivity contribution in [2.24, 2.45) is 0 Å². The summed E-state index contributed by atoms with van der Waals surface area (Å²) in [6.45, 7) is 3.37. The van der Waals surface area contributed by atoms with Crippen LogP contribution in [0.25, 0.3) is 11.3 Å². The molecule has 4 rings (SSSR count). The van der Waals surface area contributed by atoms with Crippen molar-refractivity contribution in [3.05, 3.63) is 103 Å². The Morgan fingerprint density at radius 3 is 1.73 bits per heavy atom. The number of aryl methyl sites for hydroxylation is 1. The zero-order valence-corrected chi connectivity index (χ0v) is 27.8. The molecule has 0 N–H and O–H groups in total. The van der Waals surface area contributed by atoms with Crippen molar-refractivity contribution in [2.75, 3.05) is 14.2 Å². The third-order valence-electron chi connectivity index (χ3n) is 8.41. The van der Waals surface area contributed by atoms with E-state index in [1.165, 1.54) is 99.3 Å². The Morgan fingerprint density at radius 2 is 1.18 bits per heavy atom. The first-order chi connectivity index (χ1) is 21.7. The maximum absolute atomic E-state index is 5.56. The van der Waals surface area contributed by atoms with Crippen molar-refractivity contribution < 1.29 is 9.47 Å². The second-order valence-electron chi connectivity index (χ2n) is 11.7. The molecule has 1 heterocycles. The van der Waals surface area contributed by atoms with Gasteiger partial charge >= 0.3 is 0 Å². The minimum absolute atomic E-state index is 0.303. The molecule has 0 bridgehead atoms. The zero-order valence-electron chi connectivity index (χ0n) is 27.8. The number of imidazole rings is 1. The van der Waals surface area contributed by atoms with Crippen LogP contribution < -0.4 is 9.47 Å². The van der Waals surface area contributed by atoms with Crippen LogP contribution in [0, 0.1) is 0 Å². The second kappa shape index (κ2) is 21.3. The Hall–Kier alpha value is -3.47. The molecule has 0 unspecified atom stereocenters. The van der Waals surface area contributed by atoms with E-state index in [1.807, 2.05) is 36.8 Å². The molecule has 0 spiro atoms. The molecule has 0 saturated carbocycles. The van der Waals surface area contributed by atoms with Crippen LogP contribution in [0.1, 0.15) is 101 Å². The monoisotopic (exact) mass is 594 g/mol. The van der Waals surface area contributed by atoms with Gasteiger partial charge in [0.2, 0.25) is 0 Å². The third-order valence-corrected chi connectivity index (χ3v) is 8.41. The molecule has 0 saturated heterocycles. The van der Waals surface area contributed by atoms with Gasteiger partial charge in [0.05, 0.1) is 32.4 Å². The molecule has 44 heavy (non-hydrogen) atoms. The summed E-state index contributed by atoms with van der Waals surface area (Å²) in [6, 6.07) is 27.1. The topological polar surface area (TPSA) is 36.3 Å². The Bertz CT molecular complexity index is 1240. The number of unbranched alkanes of at least 4 members (excludes halogenated alkanes) is 9. The second-order valence-corrected chi connectivity index (χ2v) is 11.7. The number of para-hydroxylation sites is 2. The van der Waals surface area contributed by atoms with Crippen LogP contribution in [-0.2, 0) is 6.54 Å². The predicted octanol–water partition coefficient (Wildman–Crippen LogP) is 10.1. The van der Waals surface area contributed by atoms with Crippen molar-refractivity contribution in [1.82, 2.24) is 9.55 Å². The van der Waals surface area contributed by atoms with Gasteiger partial charge in [0.15, 0.2) is 0 Å². The first-order valence-electron chi connectivity index (χ1n) is 17.0. The molecule has 0 amide bonds. The van der Waals surface area contributed by atoms with Crippen LogP contribution in [0.2, 0.25) is 6.32 Å². The Balaban J connectivity index is 0.000000241. The van der Waals surface area contributed by atoms with Crippen LogP contribution >= 0.6 is 0 Å². The van der Waals surface area contributed by atoms with E-state index in [-0.39, 0.29) is 0 Å². The fourth-order valence-electron chi connectivity index (χ4n) is 5.91. The van der Waals surface area contributed by atoms with Crippen LogP contribution in [0.3, 0.4) is 0 Å². The van der Waals surface area contributed by atoms with Crippen LogP contribution in [0.15, 0.2) is 91.4 Å². The number of hydrogen-bond acceptors (Lipinski definition) is 3. The summed E-state index contributed by atoms with van der Waals surface area (Å²) in [4.78, 5) is 4.33. The minimum atomic E-state index is 0.303. The Morgan fingerprint density at radius 1 is 0.659 bits per heavy atom. The fourth-order valence-corrected chi connectivity index (χ4v) is 5.91. The van der Waals surface area contributed by atoms with E-state index in [2.05, 4.69) is 78.9 Å². The third kappa shape index (κ3) is 11.6. The smallest absolute Gasteiger partial charge is 0.122 e. The van der Waals surface area contributed by atoms with E-state index in [0.29, 0.717) is 5.92 Å². The lowest BCUT2D eigenvalue weighted by Crippen LogP contribution is -2.05. The highest BCUT2D eigenvalue weighted by Gasteiger charge is 2.20. The number of aromatic nitrogens is 2. The average molecular weight is 595 g/mol. The molecule has 236 valence electrons. The number of nitrogens with zero attached hydrogens (tertiary/aromatic N) is 2. The zero-order chi connectivity index (χ0) is 31.2. The molecule has 0 aliphatic rings. The van der Waals surface area contributed by atoms with Crippen molar-refractivity contribution in [2.45, 2.75) is 103 Å². The first kappa shape index (κ1) is 35.0. The SMILES string of the molecule is BCCCC(c1ccccc1OC)c1ccccc1OC.CCCCCCCCCCCCn1cncc1-c1ccccc1. The molecular formula is C39H55BN2O2. The number of hydrogen-bond donors (Lipinski definition) is 0. The van der Waals surface area contributed by atoms with Gasteiger partial charge in [-0.05, 0) is 30.5 Å². The maximum Gasteiger partial charge on any atom is 0.122 e. The number of benzene rings is 3. The summed E-state index contributed by atoms with van der Waals surface area (Å²) in [5, 5.41) is 0. The standard InChI is InChI=1S/C21H32N2.C18H23BO2/c1-2-3-4-5-6-7-8-9-10-14-17-23-19-22-18-21(23)20-15-12-11-13-16-20;1-20-17-11-5-3-8-15(17)14(10-7-13-19)16-9-4-6-12-18(16)21-2/h11-13,15-16,18-19H,2-10,14,17H2,1H3;3-6,8-9,11-12,14H,7,10,13,19H2,1-2H3. The highest BCUT2D eigenvalue weighted by atomic mass is 16.5. The molecule has 0 radical (unpaired) electrons. The largest absolute Gasteiger partial charge is 0.496 e. The van der Waals surface area contributed by atoms with Gasteiger partial charge in [0.1, 0.15) is 19.3 Å². The molecule has 3 aromatic carbocycles. The first-order valence-corrected chi connectivity index (χ1v) is 17.0. The summed E-state index contributed by atoms with van der Waals surface area (Å²) >= 11 is 0. The molecule has 4 nitrogen and oxygen atoms in total. The van der Waals surface area contributed by atoms with Crippen LogP contribution in [-0.4, -0.2) is 31.6 Å². The molecular weight excluding hydrogens is 539 g/mol. The maximum atomic E-state index is 5.56. The summed E-state index contributed by atoms with van der Waals surface area (Å²) in [5.41, 5.74) is 4.97. The van der Waals surface area contributed by atoms with Gasteiger partial charge in [-0.25, -0.2) is 4.98 Å². The summed E-state index contributed by atoms with van der Waals surface area (Å²) in [7, 11) is 5.69. The van der Waals surface area contributed by atoms with Crippen molar-refractivity contribution in [3.63, 3.8) is 0 Å². The number of methoxy groups -OCH3 is 2. The lowest BCUT2D eigenvalue weighted by atomic mass is 9.84. The van der Waals surface area contributed by atoms with Crippen molar-refractivity contribution >= 4 is 7.85 Å². The minimum Gasteiger partial charge on any atom is -0.496 e. The van der Waals surface area contributed by atoms with Crippen LogP contribution in [0.4, 0.5) is 0 Å². The van der Waals surface area contributed by atoms with E-state index < -0.39 is 0 Å². The van der Waals surface area contributed by atoms with E-state index in [0.717, 1.165) is 24.5 Å². The molecule has 5 heteroatoms. The van der Waals surface area contributed by atoms with Gasteiger partial charge in [-0.15, -0.1) is 0 Å². The summed E-state index contributed by atoms with van der Waals surface area (Å²) in [6.07, 6.45) is 21.2. The van der Waals surface area contributed by atoms with Gasteiger partial charge in [-0.2, -0.15) is 0 Å². The predicted molar refractivity (Wildman–Crippen MR) is 190 cm³/mol. The molecule has 1 aromatic heterocycles. The molecule has 0 atom stereocenters. The molecule has 4 aromatic rings. The van der Waals surface area contributed by atoms with Gasteiger partial charge in [0, 0.05) is 23.6 Å². The van der Waals surface area contributed by atoms with Gasteiger partial charge in [-0.1, -0.05) is 144 Å². The fraction of sp³-hybridized carbons (Fsp3) is 0.462. The van der Waals surface area contributed by atoms with Gasteiger partial charge in [0.25, 0.3) is 0 Å². The summed E-state index contributed by atoms with van der Waals surface area (Å²) < 4.78 is 13.4. The Labute approximate surface area is 268 Å². The number of ether oxygens (including phenoxy) is 2. The van der Waals surface area contributed by atoms with E-state index in [4.69, 9.17) is 9.47 Å². The average Bonchev–Trinajstić information content (AvgIpc) is 3.55. The molecule has 0 fully saturated rings. The van der Waals surface area contributed by atoms with Crippen molar-refractivity contribution in [3.8, 4) is 22.8 Å². The highest BCUT2D eigenvalue weighted by molar-refractivity contribution is 6.08. The van der Waals surface area contributed by atoms with Gasteiger partial charge in [-0.3, -0.25) is 0 Å². The number of rotatable bonds is 19. The van der Waals surface area contributed by atoms with E-state index >= 15 is 0 Å². The highest BCUT2D eigenvalue weighted by Crippen LogP contribution is 2.39.